The summed E-state index contributed by atoms with van der Waals surface area (Å²) in [5.41, 5.74) is 0.907. The third kappa shape index (κ3) is 1.67. The standard InChI is InChI=1S/C11H8FNO3/c1-6-2-3-7(12)4-8(6)10-9(11(14)15)13-5-16-10/h2-5H,1H3,(H,14,15). The third-order valence-electron chi connectivity index (χ3n) is 2.21. The van der Waals surface area contributed by atoms with Crippen LogP contribution in [0.5, 0.6) is 0 Å². The maximum absolute atomic E-state index is 13.1. The van der Waals surface area contributed by atoms with E-state index in [0.29, 0.717) is 5.56 Å². The van der Waals surface area contributed by atoms with Crippen molar-refractivity contribution in [3.8, 4) is 11.3 Å². The van der Waals surface area contributed by atoms with Gasteiger partial charge in [-0.1, -0.05) is 6.07 Å². The van der Waals surface area contributed by atoms with Crippen LogP contribution in [-0.2, 0) is 0 Å². The molecule has 16 heavy (non-hydrogen) atoms. The number of aromatic carboxylic acids is 1. The lowest BCUT2D eigenvalue weighted by molar-refractivity contribution is 0.0691. The number of oxazole rings is 1. The summed E-state index contributed by atoms with van der Waals surface area (Å²) in [6, 6.07) is 4.08. The van der Waals surface area contributed by atoms with Crippen molar-refractivity contribution in [2.45, 2.75) is 6.92 Å². The zero-order chi connectivity index (χ0) is 11.7. The molecule has 5 heteroatoms. The van der Waals surface area contributed by atoms with Crippen LogP contribution in [0.1, 0.15) is 16.1 Å². The molecule has 0 aliphatic heterocycles. The molecule has 82 valence electrons. The first kappa shape index (κ1) is 10.4. The fourth-order valence-corrected chi connectivity index (χ4v) is 1.43. The molecule has 0 bridgehead atoms. The summed E-state index contributed by atoms with van der Waals surface area (Å²) in [6.07, 6.45) is 1.03. The van der Waals surface area contributed by atoms with Crippen molar-refractivity contribution < 1.29 is 18.7 Å². The minimum atomic E-state index is -1.20. The maximum atomic E-state index is 13.1. The van der Waals surface area contributed by atoms with Gasteiger partial charge in [-0.05, 0) is 24.6 Å². The van der Waals surface area contributed by atoms with Gasteiger partial charge in [0.25, 0.3) is 0 Å². The largest absolute Gasteiger partial charge is 0.476 e. The van der Waals surface area contributed by atoms with Gasteiger partial charge in [-0.15, -0.1) is 0 Å². The quantitative estimate of drug-likeness (QED) is 0.846. The van der Waals surface area contributed by atoms with Crippen LogP contribution in [0.15, 0.2) is 29.0 Å². The number of hydrogen-bond donors (Lipinski definition) is 1. The molecule has 0 spiro atoms. The molecule has 0 saturated carbocycles. The SMILES string of the molecule is Cc1ccc(F)cc1-c1ocnc1C(=O)O. The van der Waals surface area contributed by atoms with E-state index < -0.39 is 11.8 Å². The molecular formula is C11H8FNO3. The van der Waals surface area contributed by atoms with E-state index in [1.54, 1.807) is 13.0 Å². The molecule has 0 saturated heterocycles. The number of carbonyl (C=O) groups is 1. The van der Waals surface area contributed by atoms with Crippen LogP contribution in [0.25, 0.3) is 11.3 Å². The minimum Gasteiger partial charge on any atom is -0.476 e. The molecule has 4 nitrogen and oxygen atoms in total. The second-order valence-electron chi connectivity index (χ2n) is 3.29. The number of aryl methyl sites for hydroxylation is 1. The molecule has 1 aromatic heterocycles. The first-order chi connectivity index (χ1) is 7.59. The van der Waals surface area contributed by atoms with Crippen molar-refractivity contribution in [1.82, 2.24) is 4.98 Å². The molecule has 0 aliphatic rings. The van der Waals surface area contributed by atoms with Gasteiger partial charge in [0.05, 0.1) is 0 Å². The summed E-state index contributed by atoms with van der Waals surface area (Å²) in [5, 5.41) is 8.86. The maximum Gasteiger partial charge on any atom is 0.358 e. The Morgan fingerprint density at radius 2 is 2.25 bits per heavy atom. The Morgan fingerprint density at radius 3 is 2.94 bits per heavy atom. The lowest BCUT2D eigenvalue weighted by atomic mass is 10.1. The van der Waals surface area contributed by atoms with Crippen LogP contribution in [-0.4, -0.2) is 16.1 Å². The van der Waals surface area contributed by atoms with Crippen molar-refractivity contribution in [1.29, 1.82) is 0 Å². The number of carboxylic acids is 1. The lowest BCUT2D eigenvalue weighted by Crippen LogP contribution is -1.99. The van der Waals surface area contributed by atoms with Crippen molar-refractivity contribution in [3.63, 3.8) is 0 Å². The monoisotopic (exact) mass is 221 g/mol. The number of hydrogen-bond acceptors (Lipinski definition) is 3. The van der Waals surface area contributed by atoms with Gasteiger partial charge >= 0.3 is 5.97 Å². The Hall–Kier alpha value is -2.17. The fraction of sp³-hybridized carbons (Fsp3) is 0.0909. The molecule has 2 aromatic rings. The summed E-state index contributed by atoms with van der Waals surface area (Å²) < 4.78 is 18.1. The summed E-state index contributed by atoms with van der Waals surface area (Å²) >= 11 is 0. The predicted molar refractivity (Wildman–Crippen MR) is 53.6 cm³/mol. The van der Waals surface area contributed by atoms with Crippen LogP contribution in [0, 0.1) is 12.7 Å². The summed E-state index contributed by atoms with van der Waals surface area (Å²) in [4.78, 5) is 14.4. The first-order valence-corrected chi connectivity index (χ1v) is 4.53. The second-order valence-corrected chi connectivity index (χ2v) is 3.29. The molecule has 1 N–H and O–H groups in total. The summed E-state index contributed by atoms with van der Waals surface area (Å²) in [7, 11) is 0. The fourth-order valence-electron chi connectivity index (χ4n) is 1.43. The Morgan fingerprint density at radius 1 is 1.50 bits per heavy atom. The van der Waals surface area contributed by atoms with Crippen LogP contribution in [0.4, 0.5) is 4.39 Å². The number of benzene rings is 1. The van der Waals surface area contributed by atoms with Gasteiger partial charge in [0.15, 0.2) is 17.8 Å². The Labute approximate surface area is 90.4 Å². The molecule has 0 fully saturated rings. The van der Waals surface area contributed by atoms with E-state index in [0.717, 1.165) is 12.0 Å². The first-order valence-electron chi connectivity index (χ1n) is 4.53. The highest BCUT2D eigenvalue weighted by Gasteiger charge is 2.18. The molecular weight excluding hydrogens is 213 g/mol. The second kappa shape index (κ2) is 3.77. The van der Waals surface area contributed by atoms with Gasteiger partial charge in [0.2, 0.25) is 0 Å². The molecule has 0 aliphatic carbocycles. The van der Waals surface area contributed by atoms with Gasteiger partial charge < -0.3 is 9.52 Å². The Kier molecular flexibility index (Phi) is 2.44. The molecule has 0 unspecified atom stereocenters. The van der Waals surface area contributed by atoms with Crippen molar-refractivity contribution >= 4 is 5.97 Å². The molecule has 0 atom stereocenters. The number of halogens is 1. The van der Waals surface area contributed by atoms with Crippen molar-refractivity contribution in [2.24, 2.45) is 0 Å². The molecule has 0 radical (unpaired) electrons. The molecule has 2 rings (SSSR count). The van der Waals surface area contributed by atoms with E-state index in [4.69, 9.17) is 9.52 Å². The molecule has 1 heterocycles. The number of nitrogens with zero attached hydrogens (tertiary/aromatic N) is 1. The van der Waals surface area contributed by atoms with Crippen LogP contribution in [0.3, 0.4) is 0 Å². The zero-order valence-electron chi connectivity index (χ0n) is 8.40. The predicted octanol–water partition coefficient (Wildman–Crippen LogP) is 2.49. The average molecular weight is 221 g/mol. The number of carboxylic acid groups (broad SMARTS) is 1. The topological polar surface area (TPSA) is 63.3 Å². The van der Waals surface area contributed by atoms with Crippen LogP contribution >= 0.6 is 0 Å². The number of rotatable bonds is 2. The van der Waals surface area contributed by atoms with Gasteiger partial charge in [-0.3, -0.25) is 0 Å². The Bertz CT molecular complexity index is 548. The van der Waals surface area contributed by atoms with E-state index in [1.165, 1.54) is 12.1 Å². The highest BCUT2D eigenvalue weighted by atomic mass is 19.1. The smallest absolute Gasteiger partial charge is 0.358 e. The highest BCUT2D eigenvalue weighted by molar-refractivity contribution is 5.92. The van der Waals surface area contributed by atoms with Crippen LogP contribution < -0.4 is 0 Å². The Balaban J connectivity index is 2.62. The van der Waals surface area contributed by atoms with E-state index in [9.17, 15) is 9.18 Å². The van der Waals surface area contributed by atoms with Gasteiger partial charge in [0, 0.05) is 5.56 Å². The van der Waals surface area contributed by atoms with E-state index >= 15 is 0 Å². The van der Waals surface area contributed by atoms with E-state index in [1.807, 2.05) is 0 Å². The highest BCUT2D eigenvalue weighted by Crippen LogP contribution is 2.27. The molecule has 0 amide bonds. The van der Waals surface area contributed by atoms with Gasteiger partial charge in [0.1, 0.15) is 5.82 Å². The van der Waals surface area contributed by atoms with Crippen molar-refractivity contribution in [3.05, 3.63) is 41.7 Å². The third-order valence-corrected chi connectivity index (χ3v) is 2.21. The average Bonchev–Trinajstić information content (AvgIpc) is 2.70. The summed E-state index contributed by atoms with van der Waals surface area (Å²) in [6.45, 7) is 1.74. The van der Waals surface area contributed by atoms with E-state index in [-0.39, 0.29) is 11.5 Å². The van der Waals surface area contributed by atoms with Gasteiger partial charge in [-0.25, -0.2) is 14.2 Å². The minimum absolute atomic E-state index is 0.0736. The number of aromatic nitrogens is 1. The zero-order valence-corrected chi connectivity index (χ0v) is 8.40. The van der Waals surface area contributed by atoms with E-state index in [2.05, 4.69) is 4.98 Å². The van der Waals surface area contributed by atoms with Crippen molar-refractivity contribution in [2.75, 3.05) is 0 Å². The summed E-state index contributed by atoms with van der Waals surface area (Å²) in [5.74, 6) is -1.58. The van der Waals surface area contributed by atoms with Crippen LogP contribution in [0.2, 0.25) is 0 Å². The van der Waals surface area contributed by atoms with Gasteiger partial charge in [-0.2, -0.15) is 0 Å². The lowest BCUT2D eigenvalue weighted by Gasteiger charge is -2.02. The normalized spacial score (nSPS) is 10.4. The molecule has 1 aromatic carbocycles.